The fourth-order valence-electron chi connectivity index (χ4n) is 2.73. The van der Waals surface area contributed by atoms with E-state index in [0.29, 0.717) is 48.9 Å². The van der Waals surface area contributed by atoms with Crippen LogP contribution in [0.25, 0.3) is 0 Å². The van der Waals surface area contributed by atoms with Crippen LogP contribution in [-0.4, -0.2) is 59.4 Å². The molecule has 8 heteroatoms. The van der Waals surface area contributed by atoms with Gasteiger partial charge in [-0.1, -0.05) is 23.7 Å². The number of hydrazone groups is 1. The van der Waals surface area contributed by atoms with Gasteiger partial charge in [0.2, 0.25) is 5.91 Å². The molecule has 1 aromatic carbocycles. The molecule has 0 bridgehead atoms. The second-order valence-electron chi connectivity index (χ2n) is 5.66. The smallest absolute Gasteiger partial charge is 0.270 e. The third-order valence-electron chi connectivity index (χ3n) is 4.11. The van der Waals surface area contributed by atoms with Crippen LogP contribution >= 0.6 is 11.6 Å². The average molecular weight is 349 g/mol. The molecule has 126 valence electrons. The molecular weight excluding hydrogens is 332 g/mol. The van der Waals surface area contributed by atoms with Gasteiger partial charge in [0.25, 0.3) is 11.8 Å². The molecule has 24 heavy (non-hydrogen) atoms. The molecular formula is C16H17ClN4O3. The number of benzene rings is 1. The van der Waals surface area contributed by atoms with Crippen molar-refractivity contribution in [2.45, 2.75) is 12.8 Å². The molecule has 0 spiro atoms. The number of carbonyl (C=O) groups excluding carboxylic acids is 3. The van der Waals surface area contributed by atoms with Crippen molar-refractivity contribution in [1.82, 2.24) is 15.2 Å². The number of nitrogens with zero attached hydrogens (tertiary/aromatic N) is 3. The molecule has 0 radical (unpaired) electrons. The van der Waals surface area contributed by atoms with Crippen LogP contribution in [0.1, 0.15) is 23.2 Å². The Labute approximate surface area is 144 Å². The van der Waals surface area contributed by atoms with E-state index in [9.17, 15) is 14.4 Å². The topological polar surface area (TPSA) is 82.1 Å². The summed E-state index contributed by atoms with van der Waals surface area (Å²) in [7, 11) is 0. The molecule has 2 heterocycles. The molecule has 7 nitrogen and oxygen atoms in total. The summed E-state index contributed by atoms with van der Waals surface area (Å²) < 4.78 is 0. The van der Waals surface area contributed by atoms with Crippen LogP contribution in [0.5, 0.6) is 0 Å². The molecule has 0 aliphatic carbocycles. The van der Waals surface area contributed by atoms with Crippen molar-refractivity contribution >= 4 is 35.0 Å². The summed E-state index contributed by atoms with van der Waals surface area (Å²) in [5, 5.41) is 4.25. The molecule has 1 N–H and O–H groups in total. The Morgan fingerprint density at radius 3 is 2.21 bits per heavy atom. The Morgan fingerprint density at radius 2 is 1.62 bits per heavy atom. The molecule has 0 aromatic heterocycles. The number of hydrogen-bond donors (Lipinski definition) is 1. The fraction of sp³-hybridized carbons (Fsp3) is 0.375. The summed E-state index contributed by atoms with van der Waals surface area (Å²) in [5.41, 5.74) is 3.16. The predicted molar refractivity (Wildman–Crippen MR) is 88.7 cm³/mol. The number of piperazine rings is 1. The molecule has 3 amide bonds. The molecule has 1 saturated heterocycles. The van der Waals surface area contributed by atoms with Crippen molar-refractivity contribution in [2.24, 2.45) is 5.10 Å². The molecule has 2 aliphatic rings. The molecule has 1 fully saturated rings. The minimum Gasteiger partial charge on any atom is -0.335 e. The summed E-state index contributed by atoms with van der Waals surface area (Å²) in [4.78, 5) is 39.3. The quantitative estimate of drug-likeness (QED) is 0.861. The highest BCUT2D eigenvalue weighted by Crippen LogP contribution is 2.18. The van der Waals surface area contributed by atoms with Gasteiger partial charge in [-0.15, -0.1) is 0 Å². The number of rotatable bonds is 2. The summed E-state index contributed by atoms with van der Waals surface area (Å²) in [6.07, 6.45) is 0.624. The maximum absolute atomic E-state index is 12.5. The number of amides is 3. The molecule has 3 rings (SSSR count). The van der Waals surface area contributed by atoms with Crippen LogP contribution in [-0.2, 0) is 9.59 Å². The van der Waals surface area contributed by atoms with Crippen LogP contribution in [0, 0.1) is 0 Å². The highest BCUT2D eigenvalue weighted by molar-refractivity contribution is 6.39. The lowest BCUT2D eigenvalue weighted by Crippen LogP contribution is -2.52. The number of halogens is 1. The van der Waals surface area contributed by atoms with Gasteiger partial charge in [-0.2, -0.15) is 5.10 Å². The van der Waals surface area contributed by atoms with Crippen molar-refractivity contribution in [3.63, 3.8) is 0 Å². The lowest BCUT2D eigenvalue weighted by molar-refractivity contribution is -0.126. The first kappa shape index (κ1) is 16.4. The minimum absolute atomic E-state index is 0.130. The predicted octanol–water partition coefficient (Wildman–Crippen LogP) is 0.890. The highest BCUT2D eigenvalue weighted by atomic mass is 35.5. The monoisotopic (exact) mass is 348 g/mol. The van der Waals surface area contributed by atoms with Gasteiger partial charge in [-0.3, -0.25) is 14.4 Å². The Kier molecular flexibility index (Phi) is 4.80. The summed E-state index contributed by atoms with van der Waals surface area (Å²) >= 11 is 6.07. The Hall–Kier alpha value is -2.41. The van der Waals surface area contributed by atoms with Crippen molar-refractivity contribution in [1.29, 1.82) is 0 Å². The number of carbonyl (C=O) groups is 3. The van der Waals surface area contributed by atoms with Gasteiger partial charge in [0.05, 0.1) is 10.6 Å². The standard InChI is InChI=1S/C16H17ClN4O3/c17-12-4-2-1-3-11(12)15(23)20-7-9-21(10-8-20)16(24)13-5-6-14(22)19-18-13/h1-4H,5-10H2,(H,19,22). The van der Waals surface area contributed by atoms with Gasteiger partial charge < -0.3 is 9.80 Å². The van der Waals surface area contributed by atoms with Gasteiger partial charge in [-0.05, 0) is 12.1 Å². The summed E-state index contributed by atoms with van der Waals surface area (Å²) in [5.74, 6) is -0.489. The van der Waals surface area contributed by atoms with E-state index in [1.807, 2.05) is 0 Å². The maximum Gasteiger partial charge on any atom is 0.270 e. The Balaban J connectivity index is 1.60. The second kappa shape index (κ2) is 7.00. The summed E-state index contributed by atoms with van der Waals surface area (Å²) in [6.45, 7) is 1.74. The van der Waals surface area contributed by atoms with E-state index < -0.39 is 0 Å². The van der Waals surface area contributed by atoms with E-state index in [4.69, 9.17) is 11.6 Å². The van der Waals surface area contributed by atoms with Crippen molar-refractivity contribution in [3.05, 3.63) is 34.9 Å². The molecule has 0 unspecified atom stereocenters. The van der Waals surface area contributed by atoms with Crippen LogP contribution in [0.15, 0.2) is 29.4 Å². The van der Waals surface area contributed by atoms with Crippen LogP contribution in [0.4, 0.5) is 0 Å². The van der Waals surface area contributed by atoms with Crippen molar-refractivity contribution < 1.29 is 14.4 Å². The SMILES string of the molecule is O=C1CCC(C(=O)N2CCN(C(=O)c3ccccc3Cl)CC2)=NN1. The van der Waals surface area contributed by atoms with Gasteiger partial charge in [-0.25, -0.2) is 5.43 Å². The van der Waals surface area contributed by atoms with Gasteiger partial charge in [0, 0.05) is 39.0 Å². The van der Waals surface area contributed by atoms with Crippen LogP contribution in [0.3, 0.4) is 0 Å². The van der Waals surface area contributed by atoms with Crippen molar-refractivity contribution in [2.75, 3.05) is 26.2 Å². The Bertz CT molecular complexity index is 711. The fourth-order valence-corrected chi connectivity index (χ4v) is 2.95. The summed E-state index contributed by atoms with van der Waals surface area (Å²) in [6, 6.07) is 6.93. The third-order valence-corrected chi connectivity index (χ3v) is 4.44. The van der Waals surface area contributed by atoms with Gasteiger partial charge >= 0.3 is 0 Å². The average Bonchev–Trinajstić information content (AvgIpc) is 2.62. The van der Waals surface area contributed by atoms with E-state index in [1.54, 1.807) is 34.1 Å². The highest BCUT2D eigenvalue weighted by Gasteiger charge is 2.29. The van der Waals surface area contributed by atoms with E-state index in [0.717, 1.165) is 0 Å². The normalized spacial score (nSPS) is 18.0. The molecule has 2 aliphatic heterocycles. The zero-order valence-corrected chi connectivity index (χ0v) is 13.8. The zero-order chi connectivity index (χ0) is 17.1. The van der Waals surface area contributed by atoms with E-state index in [-0.39, 0.29) is 24.1 Å². The first-order valence-corrected chi connectivity index (χ1v) is 8.12. The Morgan fingerprint density at radius 1 is 1.00 bits per heavy atom. The first-order chi connectivity index (χ1) is 11.6. The lowest BCUT2D eigenvalue weighted by Gasteiger charge is -2.35. The minimum atomic E-state index is -0.181. The lowest BCUT2D eigenvalue weighted by atomic mass is 10.1. The number of hydrogen-bond acceptors (Lipinski definition) is 4. The van der Waals surface area contributed by atoms with Gasteiger partial charge in [0.1, 0.15) is 5.71 Å². The number of nitrogens with one attached hydrogen (secondary N) is 1. The molecule has 0 atom stereocenters. The van der Waals surface area contributed by atoms with Gasteiger partial charge in [0.15, 0.2) is 0 Å². The largest absolute Gasteiger partial charge is 0.335 e. The first-order valence-electron chi connectivity index (χ1n) is 7.75. The van der Waals surface area contributed by atoms with E-state index in [2.05, 4.69) is 10.5 Å². The van der Waals surface area contributed by atoms with Crippen LogP contribution < -0.4 is 5.43 Å². The third kappa shape index (κ3) is 3.41. The van der Waals surface area contributed by atoms with Crippen LogP contribution in [0.2, 0.25) is 5.02 Å². The molecule has 0 saturated carbocycles. The zero-order valence-electron chi connectivity index (χ0n) is 13.0. The van der Waals surface area contributed by atoms with E-state index in [1.165, 1.54) is 0 Å². The van der Waals surface area contributed by atoms with Crippen molar-refractivity contribution in [3.8, 4) is 0 Å². The molecule has 1 aromatic rings. The van der Waals surface area contributed by atoms with E-state index >= 15 is 0 Å². The maximum atomic E-state index is 12.5. The second-order valence-corrected chi connectivity index (χ2v) is 6.06.